The minimum absolute atomic E-state index is 0.0391. The van der Waals surface area contributed by atoms with Crippen molar-refractivity contribution in [2.24, 2.45) is 0 Å². The zero-order valence-electron chi connectivity index (χ0n) is 18.3. The van der Waals surface area contributed by atoms with Crippen LogP contribution >= 0.6 is 0 Å². The van der Waals surface area contributed by atoms with Crippen molar-refractivity contribution in [1.29, 1.82) is 0 Å². The third-order valence-corrected chi connectivity index (χ3v) is 6.21. The second-order valence-electron chi connectivity index (χ2n) is 7.18. The van der Waals surface area contributed by atoms with E-state index in [2.05, 4.69) is 0 Å². The van der Waals surface area contributed by atoms with E-state index in [1.807, 2.05) is 13.8 Å². The third-order valence-electron chi connectivity index (χ3n) is 4.98. The van der Waals surface area contributed by atoms with E-state index in [-0.39, 0.29) is 30.0 Å². The average Bonchev–Trinajstić information content (AvgIpc) is 2.75. The molecule has 176 valence electrons. The molecular weight excluding hydrogens is 447 g/mol. The molecule has 6 nitrogen and oxygen atoms in total. The fourth-order valence-corrected chi connectivity index (χ4v) is 3.97. The first-order chi connectivity index (χ1) is 14.9. The van der Waals surface area contributed by atoms with E-state index >= 15 is 0 Å². The number of ether oxygens (including phenoxy) is 1. The Morgan fingerprint density at radius 1 is 1.09 bits per heavy atom. The Hall–Kier alpha value is -2.75. The molecule has 2 aromatic rings. The molecule has 1 amide bonds. The van der Waals surface area contributed by atoms with E-state index in [0.717, 1.165) is 24.6 Å². The number of alkyl halides is 3. The Morgan fingerprint density at radius 2 is 1.78 bits per heavy atom. The van der Waals surface area contributed by atoms with Crippen LogP contribution in [0.1, 0.15) is 44.7 Å². The molecule has 2 aromatic carbocycles. The number of amides is 1. The number of halogens is 3. The van der Waals surface area contributed by atoms with E-state index in [4.69, 9.17) is 8.92 Å². The monoisotopic (exact) mass is 473 g/mol. The lowest BCUT2D eigenvalue weighted by Gasteiger charge is -2.28. The van der Waals surface area contributed by atoms with Crippen LogP contribution in [-0.2, 0) is 27.6 Å². The maximum Gasteiger partial charge on any atom is 0.416 e. The van der Waals surface area contributed by atoms with Crippen molar-refractivity contribution >= 4 is 16.0 Å². The second-order valence-corrected chi connectivity index (χ2v) is 8.73. The summed E-state index contributed by atoms with van der Waals surface area (Å²) in [7, 11) is -3.27. The molecule has 0 saturated carbocycles. The van der Waals surface area contributed by atoms with Gasteiger partial charge in [-0.2, -0.15) is 21.6 Å². The summed E-state index contributed by atoms with van der Waals surface area (Å²) in [4.78, 5) is 13.4. The van der Waals surface area contributed by atoms with Gasteiger partial charge in [0.1, 0.15) is 4.90 Å². The van der Waals surface area contributed by atoms with Gasteiger partial charge in [0.05, 0.1) is 12.7 Å². The Balaban J connectivity index is 2.40. The largest absolute Gasteiger partial charge is 0.493 e. The molecule has 32 heavy (non-hydrogen) atoms. The van der Waals surface area contributed by atoms with Crippen LogP contribution in [0, 0.1) is 0 Å². The molecule has 0 aliphatic rings. The van der Waals surface area contributed by atoms with Crippen LogP contribution in [0.25, 0.3) is 0 Å². The molecule has 0 saturated heterocycles. The van der Waals surface area contributed by atoms with E-state index in [0.29, 0.717) is 18.1 Å². The number of hydrogen-bond acceptors (Lipinski definition) is 5. The van der Waals surface area contributed by atoms with Crippen molar-refractivity contribution in [3.63, 3.8) is 0 Å². The van der Waals surface area contributed by atoms with Gasteiger partial charge in [-0.25, -0.2) is 0 Å². The van der Waals surface area contributed by atoms with E-state index in [1.54, 1.807) is 17.9 Å². The van der Waals surface area contributed by atoms with Gasteiger partial charge < -0.3 is 13.8 Å². The van der Waals surface area contributed by atoms with Gasteiger partial charge >= 0.3 is 16.3 Å². The molecule has 10 heteroatoms. The molecule has 2 rings (SSSR count). The standard InChI is InChI=1S/C22H26F3NO5S/c1-5-15(3)26(21(27)6-2)14-16-10-11-19(30-4)20(12-16)31-32(28,29)18-9-7-8-17(13-18)22(23,24)25/h7-13,15H,5-6,14H2,1-4H3. The lowest BCUT2D eigenvalue weighted by Crippen LogP contribution is -2.37. The van der Waals surface area contributed by atoms with Gasteiger partial charge in [0, 0.05) is 19.0 Å². The van der Waals surface area contributed by atoms with Crippen molar-refractivity contribution in [3.8, 4) is 11.5 Å². The SMILES string of the molecule is CCC(=O)N(Cc1ccc(OC)c(OS(=O)(=O)c2cccc(C(F)(F)F)c2)c1)C(C)CC. The van der Waals surface area contributed by atoms with Crippen LogP contribution in [0.2, 0.25) is 0 Å². The van der Waals surface area contributed by atoms with Crippen molar-refractivity contribution < 1.29 is 35.3 Å². The number of hydrogen-bond donors (Lipinski definition) is 0. The third kappa shape index (κ3) is 6.15. The zero-order chi connectivity index (χ0) is 24.1. The Morgan fingerprint density at radius 3 is 2.34 bits per heavy atom. The van der Waals surface area contributed by atoms with Crippen molar-refractivity contribution in [1.82, 2.24) is 4.90 Å². The summed E-state index contributed by atoms with van der Waals surface area (Å²) in [6.07, 6.45) is -3.66. The highest BCUT2D eigenvalue weighted by Crippen LogP contribution is 2.34. The lowest BCUT2D eigenvalue weighted by molar-refractivity contribution is -0.137. The van der Waals surface area contributed by atoms with E-state index in [9.17, 15) is 26.4 Å². The van der Waals surface area contributed by atoms with Crippen molar-refractivity contribution in [2.45, 2.75) is 57.3 Å². The quantitative estimate of drug-likeness (QED) is 0.478. The molecule has 0 spiro atoms. The maximum atomic E-state index is 13.0. The fourth-order valence-electron chi connectivity index (χ4n) is 2.99. The highest BCUT2D eigenvalue weighted by Gasteiger charge is 2.32. The van der Waals surface area contributed by atoms with Crippen LogP contribution in [0.5, 0.6) is 11.5 Å². The Kier molecular flexibility index (Phi) is 8.17. The van der Waals surface area contributed by atoms with Gasteiger partial charge in [-0.1, -0.05) is 26.0 Å². The van der Waals surface area contributed by atoms with E-state index < -0.39 is 26.8 Å². The van der Waals surface area contributed by atoms with Gasteiger partial charge in [-0.05, 0) is 49.2 Å². The molecule has 0 aromatic heterocycles. The molecular formula is C22H26F3NO5S. The number of rotatable bonds is 9. The Labute approximate surface area is 186 Å². The van der Waals surface area contributed by atoms with Gasteiger partial charge in [0.2, 0.25) is 5.91 Å². The number of carbonyl (C=O) groups is 1. The number of carbonyl (C=O) groups excluding carboxylic acids is 1. The first kappa shape index (κ1) is 25.5. The van der Waals surface area contributed by atoms with Crippen molar-refractivity contribution in [3.05, 3.63) is 53.6 Å². The number of nitrogens with zero attached hydrogens (tertiary/aromatic N) is 1. The second kappa shape index (κ2) is 10.2. The van der Waals surface area contributed by atoms with Crippen LogP contribution in [0.15, 0.2) is 47.4 Å². The first-order valence-electron chi connectivity index (χ1n) is 10.0. The highest BCUT2D eigenvalue weighted by molar-refractivity contribution is 7.87. The topological polar surface area (TPSA) is 72.9 Å². The predicted molar refractivity (Wildman–Crippen MR) is 113 cm³/mol. The molecule has 0 aliphatic carbocycles. The highest BCUT2D eigenvalue weighted by atomic mass is 32.2. The van der Waals surface area contributed by atoms with Crippen molar-refractivity contribution in [2.75, 3.05) is 7.11 Å². The van der Waals surface area contributed by atoms with E-state index in [1.165, 1.54) is 19.2 Å². The number of methoxy groups -OCH3 is 1. The predicted octanol–water partition coefficient (Wildman–Crippen LogP) is 5.02. The fraction of sp³-hybridized carbons (Fsp3) is 0.409. The minimum Gasteiger partial charge on any atom is -0.493 e. The van der Waals surface area contributed by atoms with Crippen LogP contribution < -0.4 is 8.92 Å². The summed E-state index contributed by atoms with van der Waals surface area (Å²) in [5.41, 5.74) is -0.521. The molecule has 0 N–H and O–H groups in total. The normalized spacial score (nSPS) is 12.8. The summed E-state index contributed by atoms with van der Waals surface area (Å²) in [5, 5.41) is 0. The van der Waals surface area contributed by atoms with Gasteiger partial charge in [0.15, 0.2) is 11.5 Å². The first-order valence-corrected chi connectivity index (χ1v) is 11.4. The summed E-state index contributed by atoms with van der Waals surface area (Å²) >= 11 is 0. The summed E-state index contributed by atoms with van der Waals surface area (Å²) in [6, 6.07) is 7.81. The zero-order valence-corrected chi connectivity index (χ0v) is 19.1. The summed E-state index contributed by atoms with van der Waals surface area (Å²) in [5.74, 6) is -0.161. The van der Waals surface area contributed by atoms with Gasteiger partial charge in [-0.15, -0.1) is 0 Å². The molecule has 0 bridgehead atoms. The maximum absolute atomic E-state index is 13.0. The number of benzene rings is 2. The Bertz CT molecular complexity index is 1050. The summed E-state index contributed by atoms with van der Waals surface area (Å²) in [6.45, 7) is 5.82. The van der Waals surface area contributed by atoms with Gasteiger partial charge in [0.25, 0.3) is 0 Å². The summed E-state index contributed by atoms with van der Waals surface area (Å²) < 4.78 is 74.6. The molecule has 1 unspecified atom stereocenters. The van der Waals surface area contributed by atoms with Crippen LogP contribution in [0.3, 0.4) is 0 Å². The molecule has 0 heterocycles. The van der Waals surface area contributed by atoms with Crippen LogP contribution in [-0.4, -0.2) is 32.4 Å². The minimum atomic E-state index is -4.70. The molecule has 0 radical (unpaired) electrons. The van der Waals surface area contributed by atoms with Gasteiger partial charge in [-0.3, -0.25) is 4.79 Å². The molecule has 0 aliphatic heterocycles. The smallest absolute Gasteiger partial charge is 0.416 e. The average molecular weight is 474 g/mol. The molecule has 1 atom stereocenters. The molecule has 0 fully saturated rings. The lowest BCUT2D eigenvalue weighted by atomic mass is 10.1. The van der Waals surface area contributed by atoms with Crippen LogP contribution in [0.4, 0.5) is 13.2 Å².